The van der Waals surface area contributed by atoms with Gasteiger partial charge in [-0.3, -0.25) is 4.79 Å². The van der Waals surface area contributed by atoms with Gasteiger partial charge in [0, 0.05) is 0 Å². The molecule has 0 saturated heterocycles. The molecule has 5 nitrogen and oxygen atoms in total. The van der Waals surface area contributed by atoms with Crippen LogP contribution in [0, 0.1) is 0 Å². The standard InChI is InChI=1S/C9H12N2O3/c1-11-8(9(10)14)5-2-3-6(12)7(13)4-5/h2-4,8,11-13H,1H3,(H2,10,14). The van der Waals surface area contributed by atoms with E-state index >= 15 is 0 Å². The molecule has 0 aliphatic rings. The molecule has 0 radical (unpaired) electrons. The molecule has 0 aromatic heterocycles. The van der Waals surface area contributed by atoms with E-state index in [0.717, 1.165) is 0 Å². The van der Waals surface area contributed by atoms with E-state index in [1.54, 1.807) is 7.05 Å². The number of benzene rings is 1. The predicted octanol–water partition coefficient (Wildman–Crippen LogP) is -0.156. The van der Waals surface area contributed by atoms with Crippen LogP contribution in [0.3, 0.4) is 0 Å². The highest BCUT2D eigenvalue weighted by Crippen LogP contribution is 2.27. The van der Waals surface area contributed by atoms with Crippen molar-refractivity contribution in [2.24, 2.45) is 5.73 Å². The number of amides is 1. The fourth-order valence-electron chi connectivity index (χ4n) is 1.19. The first-order chi connectivity index (χ1) is 6.56. The third-order valence-corrected chi connectivity index (χ3v) is 1.91. The van der Waals surface area contributed by atoms with E-state index in [4.69, 9.17) is 10.8 Å². The monoisotopic (exact) mass is 196 g/mol. The summed E-state index contributed by atoms with van der Waals surface area (Å²) in [5.74, 6) is -1.05. The number of hydrogen-bond acceptors (Lipinski definition) is 4. The quantitative estimate of drug-likeness (QED) is 0.505. The normalized spacial score (nSPS) is 12.4. The molecular weight excluding hydrogens is 184 g/mol. The molecule has 14 heavy (non-hydrogen) atoms. The molecule has 5 heteroatoms. The van der Waals surface area contributed by atoms with Gasteiger partial charge in [0.15, 0.2) is 11.5 Å². The minimum Gasteiger partial charge on any atom is -0.504 e. The average molecular weight is 196 g/mol. The molecule has 0 spiro atoms. The van der Waals surface area contributed by atoms with Crippen molar-refractivity contribution >= 4 is 5.91 Å². The van der Waals surface area contributed by atoms with E-state index in [9.17, 15) is 9.90 Å². The Balaban J connectivity index is 3.06. The summed E-state index contributed by atoms with van der Waals surface area (Å²) in [5, 5.41) is 20.9. The van der Waals surface area contributed by atoms with Crippen molar-refractivity contribution in [3.63, 3.8) is 0 Å². The van der Waals surface area contributed by atoms with Crippen LogP contribution in [0.25, 0.3) is 0 Å². The van der Waals surface area contributed by atoms with Crippen molar-refractivity contribution in [3.8, 4) is 11.5 Å². The minimum atomic E-state index is -0.665. The van der Waals surface area contributed by atoms with Crippen molar-refractivity contribution in [1.82, 2.24) is 5.32 Å². The predicted molar refractivity (Wildman–Crippen MR) is 50.8 cm³/mol. The lowest BCUT2D eigenvalue weighted by atomic mass is 10.1. The molecule has 0 saturated carbocycles. The largest absolute Gasteiger partial charge is 0.504 e. The highest BCUT2D eigenvalue weighted by Gasteiger charge is 2.16. The second-order valence-electron chi connectivity index (χ2n) is 2.87. The van der Waals surface area contributed by atoms with Gasteiger partial charge in [-0.05, 0) is 24.7 Å². The maximum Gasteiger partial charge on any atom is 0.239 e. The second kappa shape index (κ2) is 3.97. The molecule has 0 heterocycles. The van der Waals surface area contributed by atoms with Gasteiger partial charge in [-0.2, -0.15) is 0 Å². The topological polar surface area (TPSA) is 95.6 Å². The lowest BCUT2D eigenvalue weighted by Gasteiger charge is -2.12. The van der Waals surface area contributed by atoms with Gasteiger partial charge in [0.25, 0.3) is 0 Å². The van der Waals surface area contributed by atoms with Gasteiger partial charge < -0.3 is 21.3 Å². The molecule has 1 unspecified atom stereocenters. The smallest absolute Gasteiger partial charge is 0.239 e. The Kier molecular flexibility index (Phi) is 2.93. The summed E-state index contributed by atoms with van der Waals surface area (Å²) >= 11 is 0. The van der Waals surface area contributed by atoms with Gasteiger partial charge in [0.1, 0.15) is 6.04 Å². The van der Waals surface area contributed by atoms with Gasteiger partial charge in [0.05, 0.1) is 0 Å². The molecule has 1 amide bonds. The lowest BCUT2D eigenvalue weighted by Crippen LogP contribution is -2.31. The van der Waals surface area contributed by atoms with Gasteiger partial charge >= 0.3 is 0 Å². The molecule has 0 bridgehead atoms. The van der Waals surface area contributed by atoms with Crippen molar-refractivity contribution in [2.45, 2.75) is 6.04 Å². The van der Waals surface area contributed by atoms with E-state index in [-0.39, 0.29) is 11.5 Å². The number of primary amides is 1. The zero-order valence-corrected chi connectivity index (χ0v) is 7.69. The van der Waals surface area contributed by atoms with Gasteiger partial charge in [-0.15, -0.1) is 0 Å². The Morgan fingerprint density at radius 2 is 2.07 bits per heavy atom. The number of rotatable bonds is 3. The highest BCUT2D eigenvalue weighted by molar-refractivity contribution is 5.81. The number of nitrogens with one attached hydrogen (secondary N) is 1. The number of phenolic OH excluding ortho intramolecular Hbond substituents is 2. The first-order valence-corrected chi connectivity index (χ1v) is 4.04. The maximum atomic E-state index is 10.9. The summed E-state index contributed by atoms with van der Waals surface area (Å²) in [6.45, 7) is 0. The van der Waals surface area contributed by atoms with Crippen LogP contribution in [0.2, 0.25) is 0 Å². The van der Waals surface area contributed by atoms with Crippen LogP contribution in [-0.2, 0) is 4.79 Å². The number of carbonyl (C=O) groups is 1. The van der Waals surface area contributed by atoms with E-state index < -0.39 is 11.9 Å². The van der Waals surface area contributed by atoms with Gasteiger partial charge in [-0.25, -0.2) is 0 Å². The number of likely N-dealkylation sites (N-methyl/N-ethyl adjacent to an activating group) is 1. The van der Waals surface area contributed by atoms with Crippen LogP contribution >= 0.6 is 0 Å². The third kappa shape index (κ3) is 1.94. The molecule has 1 atom stereocenters. The van der Waals surface area contributed by atoms with Crippen LogP contribution < -0.4 is 11.1 Å². The number of nitrogens with two attached hydrogens (primary N) is 1. The Morgan fingerprint density at radius 1 is 1.43 bits per heavy atom. The van der Waals surface area contributed by atoms with Gasteiger partial charge in [0.2, 0.25) is 5.91 Å². The summed E-state index contributed by atoms with van der Waals surface area (Å²) < 4.78 is 0. The van der Waals surface area contributed by atoms with E-state index in [1.807, 2.05) is 0 Å². The summed E-state index contributed by atoms with van der Waals surface area (Å²) in [4.78, 5) is 10.9. The molecule has 5 N–H and O–H groups in total. The first-order valence-electron chi connectivity index (χ1n) is 4.04. The Labute approximate surface area is 81.2 Å². The number of aromatic hydroxyl groups is 2. The van der Waals surface area contributed by atoms with Crippen LogP contribution in [0.1, 0.15) is 11.6 Å². The average Bonchev–Trinajstić information content (AvgIpc) is 2.11. The van der Waals surface area contributed by atoms with Crippen LogP contribution in [0.15, 0.2) is 18.2 Å². The van der Waals surface area contributed by atoms with Crippen LogP contribution in [0.4, 0.5) is 0 Å². The van der Waals surface area contributed by atoms with E-state index in [0.29, 0.717) is 5.56 Å². The number of phenols is 2. The lowest BCUT2D eigenvalue weighted by molar-refractivity contribution is -0.120. The molecule has 76 valence electrons. The van der Waals surface area contributed by atoms with Gasteiger partial charge in [-0.1, -0.05) is 6.07 Å². The fourth-order valence-corrected chi connectivity index (χ4v) is 1.19. The molecular formula is C9H12N2O3. The number of carbonyl (C=O) groups excluding carboxylic acids is 1. The maximum absolute atomic E-state index is 10.9. The Bertz CT molecular complexity index is 352. The summed E-state index contributed by atoms with van der Waals surface area (Å²) in [6.07, 6.45) is 0. The second-order valence-corrected chi connectivity index (χ2v) is 2.87. The molecule has 0 aliphatic carbocycles. The van der Waals surface area contributed by atoms with Crippen molar-refractivity contribution in [3.05, 3.63) is 23.8 Å². The zero-order valence-electron chi connectivity index (χ0n) is 7.69. The molecule has 1 aromatic carbocycles. The summed E-state index contributed by atoms with van der Waals surface area (Å²) in [6, 6.07) is 3.45. The molecule has 0 aliphatic heterocycles. The first kappa shape index (κ1) is 10.3. The molecule has 1 rings (SSSR count). The molecule has 1 aromatic rings. The minimum absolute atomic E-state index is 0.229. The highest BCUT2D eigenvalue weighted by atomic mass is 16.3. The van der Waals surface area contributed by atoms with Crippen LogP contribution in [0.5, 0.6) is 11.5 Å². The zero-order chi connectivity index (χ0) is 10.7. The fraction of sp³-hybridized carbons (Fsp3) is 0.222. The summed E-state index contributed by atoms with van der Waals surface area (Å²) in [7, 11) is 1.58. The van der Waals surface area contributed by atoms with Crippen LogP contribution in [-0.4, -0.2) is 23.2 Å². The summed E-state index contributed by atoms with van der Waals surface area (Å²) in [5.41, 5.74) is 5.63. The van der Waals surface area contributed by atoms with E-state index in [1.165, 1.54) is 18.2 Å². The Hall–Kier alpha value is -1.75. The van der Waals surface area contributed by atoms with E-state index in [2.05, 4.69) is 5.32 Å². The SMILES string of the molecule is CNC(C(N)=O)c1ccc(O)c(O)c1. The number of hydrogen-bond donors (Lipinski definition) is 4. The Morgan fingerprint density at radius 3 is 2.50 bits per heavy atom. The molecule has 0 fully saturated rings. The van der Waals surface area contributed by atoms with Crippen molar-refractivity contribution in [1.29, 1.82) is 0 Å². The third-order valence-electron chi connectivity index (χ3n) is 1.91. The van der Waals surface area contributed by atoms with Crippen molar-refractivity contribution < 1.29 is 15.0 Å². The van der Waals surface area contributed by atoms with Crippen molar-refractivity contribution in [2.75, 3.05) is 7.05 Å².